The van der Waals surface area contributed by atoms with Gasteiger partial charge in [0.1, 0.15) is 18.7 Å². The molecule has 0 radical (unpaired) electrons. The second-order valence-electron chi connectivity index (χ2n) is 6.44. The molecule has 0 aliphatic carbocycles. The molecule has 1 unspecified atom stereocenters. The van der Waals surface area contributed by atoms with Crippen molar-refractivity contribution < 1.29 is 18.0 Å². The van der Waals surface area contributed by atoms with Crippen molar-refractivity contribution in [1.29, 1.82) is 5.26 Å². The average Bonchev–Trinajstić information content (AvgIpc) is 3.36. The Balaban J connectivity index is 1.84. The second kappa shape index (κ2) is 7.31. The molecule has 152 valence electrons. The van der Waals surface area contributed by atoms with Gasteiger partial charge in [-0.3, -0.25) is 0 Å². The zero-order chi connectivity index (χ0) is 21.5. The second-order valence-corrected chi connectivity index (χ2v) is 7.32. The molecular formula is C19H10Cl2F3N5O. The average molecular weight is 452 g/mol. The van der Waals surface area contributed by atoms with E-state index in [4.69, 9.17) is 28.0 Å². The number of halogens is 5. The maximum Gasteiger partial charge on any atom is 0.435 e. The van der Waals surface area contributed by atoms with Gasteiger partial charge in [-0.15, -0.1) is 0 Å². The Bertz CT molecular complexity index is 1170. The van der Waals surface area contributed by atoms with Crippen molar-refractivity contribution in [2.75, 3.05) is 0 Å². The van der Waals surface area contributed by atoms with Gasteiger partial charge in [0.15, 0.2) is 0 Å². The fraction of sp³-hybridized carbons (Fsp3) is 0.158. The predicted octanol–water partition coefficient (Wildman–Crippen LogP) is 5.03. The normalized spacial score (nSPS) is 18.6. The first-order valence-corrected chi connectivity index (χ1v) is 9.17. The highest BCUT2D eigenvalue weighted by molar-refractivity contribution is 6.34. The summed E-state index contributed by atoms with van der Waals surface area (Å²) < 4.78 is 43.9. The van der Waals surface area contributed by atoms with Gasteiger partial charge in [0.25, 0.3) is 5.60 Å². The molecule has 2 heterocycles. The van der Waals surface area contributed by atoms with Crippen LogP contribution in [0.3, 0.4) is 0 Å². The third-order valence-electron chi connectivity index (χ3n) is 4.63. The van der Waals surface area contributed by atoms with Gasteiger partial charge in [0, 0.05) is 21.2 Å². The molecule has 4 rings (SSSR count). The van der Waals surface area contributed by atoms with E-state index in [0.717, 1.165) is 12.1 Å². The Morgan fingerprint density at radius 2 is 1.90 bits per heavy atom. The number of oxime groups is 1. The van der Waals surface area contributed by atoms with Crippen molar-refractivity contribution in [3.63, 3.8) is 0 Å². The van der Waals surface area contributed by atoms with E-state index in [-0.39, 0.29) is 38.1 Å². The molecule has 0 N–H and O–H groups in total. The third kappa shape index (κ3) is 3.28. The number of aromatic nitrogens is 3. The SMILES string of the molecule is N#Cc1cccc(C2=NOC(c3cc(Cl)cc(Cl)c3)(C(F)(F)F)C2)c1-n1cncn1. The van der Waals surface area contributed by atoms with E-state index in [2.05, 4.69) is 15.2 Å². The summed E-state index contributed by atoms with van der Waals surface area (Å²) in [6, 6.07) is 10.2. The number of nitrogens with zero attached hydrogens (tertiary/aromatic N) is 5. The monoisotopic (exact) mass is 451 g/mol. The van der Waals surface area contributed by atoms with E-state index >= 15 is 0 Å². The summed E-state index contributed by atoms with van der Waals surface area (Å²) >= 11 is 11.9. The molecule has 0 amide bonds. The number of para-hydroxylation sites is 1. The molecule has 0 spiro atoms. The Morgan fingerprint density at radius 1 is 1.17 bits per heavy atom. The van der Waals surface area contributed by atoms with Gasteiger partial charge in [0.05, 0.1) is 23.4 Å². The number of alkyl halides is 3. The van der Waals surface area contributed by atoms with E-state index < -0.39 is 18.2 Å². The predicted molar refractivity (Wildman–Crippen MR) is 103 cm³/mol. The van der Waals surface area contributed by atoms with E-state index in [1.54, 1.807) is 6.07 Å². The maximum atomic E-state index is 14.2. The van der Waals surface area contributed by atoms with Gasteiger partial charge in [-0.05, 0) is 24.3 Å². The smallest absolute Gasteiger partial charge is 0.374 e. The molecule has 3 aromatic rings. The summed E-state index contributed by atoms with van der Waals surface area (Å²) in [7, 11) is 0. The van der Waals surface area contributed by atoms with Crippen LogP contribution in [-0.4, -0.2) is 26.7 Å². The number of nitriles is 1. The molecule has 1 atom stereocenters. The molecule has 0 fully saturated rings. The number of hydrogen-bond donors (Lipinski definition) is 0. The van der Waals surface area contributed by atoms with E-state index in [1.165, 1.54) is 35.5 Å². The van der Waals surface area contributed by atoms with E-state index in [1.807, 2.05) is 6.07 Å². The summed E-state index contributed by atoms with van der Waals surface area (Å²) in [5.74, 6) is 0. The van der Waals surface area contributed by atoms with Crippen molar-refractivity contribution in [3.8, 4) is 11.8 Å². The summed E-state index contributed by atoms with van der Waals surface area (Å²) in [6.07, 6.45) is -2.89. The Kier molecular flexibility index (Phi) is 4.92. The molecule has 0 saturated heterocycles. The summed E-state index contributed by atoms with van der Waals surface area (Å²) in [5.41, 5.74) is -2.35. The molecule has 2 aromatic carbocycles. The minimum Gasteiger partial charge on any atom is -0.374 e. The van der Waals surface area contributed by atoms with E-state index in [0.29, 0.717) is 0 Å². The minimum absolute atomic E-state index is 0.00831. The summed E-state index contributed by atoms with van der Waals surface area (Å²) in [4.78, 5) is 8.87. The molecule has 1 aliphatic heterocycles. The summed E-state index contributed by atoms with van der Waals surface area (Å²) in [5, 5.41) is 17.3. The lowest BCUT2D eigenvalue weighted by Crippen LogP contribution is -2.42. The van der Waals surface area contributed by atoms with Gasteiger partial charge >= 0.3 is 6.18 Å². The van der Waals surface area contributed by atoms with Crippen molar-refractivity contribution in [3.05, 3.63) is 75.8 Å². The van der Waals surface area contributed by atoms with Gasteiger partial charge in [0.2, 0.25) is 0 Å². The van der Waals surface area contributed by atoms with Crippen LogP contribution in [0.15, 0.2) is 54.2 Å². The number of rotatable bonds is 3. The maximum absolute atomic E-state index is 14.2. The van der Waals surface area contributed by atoms with Crippen molar-refractivity contribution in [1.82, 2.24) is 14.8 Å². The van der Waals surface area contributed by atoms with Crippen molar-refractivity contribution >= 4 is 28.9 Å². The highest BCUT2D eigenvalue weighted by atomic mass is 35.5. The highest BCUT2D eigenvalue weighted by Gasteiger charge is 2.62. The van der Waals surface area contributed by atoms with Gasteiger partial charge in [-0.1, -0.05) is 40.5 Å². The van der Waals surface area contributed by atoms with Gasteiger partial charge in [-0.2, -0.15) is 23.5 Å². The molecular weight excluding hydrogens is 442 g/mol. The van der Waals surface area contributed by atoms with Crippen LogP contribution >= 0.6 is 23.2 Å². The molecule has 30 heavy (non-hydrogen) atoms. The Morgan fingerprint density at radius 3 is 2.50 bits per heavy atom. The van der Waals surface area contributed by atoms with Crippen LogP contribution in [0, 0.1) is 11.3 Å². The quantitative estimate of drug-likeness (QED) is 0.559. The first-order chi connectivity index (χ1) is 14.2. The minimum atomic E-state index is -4.83. The number of hydrogen-bond acceptors (Lipinski definition) is 5. The third-order valence-corrected chi connectivity index (χ3v) is 5.07. The fourth-order valence-corrected chi connectivity index (χ4v) is 3.80. The molecule has 1 aliphatic rings. The van der Waals surface area contributed by atoms with Crippen LogP contribution in [0.4, 0.5) is 13.2 Å². The zero-order valence-corrected chi connectivity index (χ0v) is 16.4. The topological polar surface area (TPSA) is 76.1 Å². The molecule has 6 nitrogen and oxygen atoms in total. The largest absolute Gasteiger partial charge is 0.435 e. The van der Waals surface area contributed by atoms with Gasteiger partial charge < -0.3 is 4.84 Å². The lowest BCUT2D eigenvalue weighted by Gasteiger charge is -2.29. The molecule has 1 aromatic heterocycles. The van der Waals surface area contributed by atoms with E-state index in [9.17, 15) is 18.4 Å². The lowest BCUT2D eigenvalue weighted by molar-refractivity contribution is -0.275. The van der Waals surface area contributed by atoms with Crippen LogP contribution in [0.25, 0.3) is 5.69 Å². The first-order valence-electron chi connectivity index (χ1n) is 8.42. The number of benzene rings is 2. The fourth-order valence-electron chi connectivity index (χ4n) is 3.27. The van der Waals surface area contributed by atoms with Crippen molar-refractivity contribution in [2.24, 2.45) is 5.16 Å². The molecule has 0 bridgehead atoms. The van der Waals surface area contributed by atoms with Crippen LogP contribution in [0.5, 0.6) is 0 Å². The van der Waals surface area contributed by atoms with Crippen LogP contribution in [-0.2, 0) is 10.4 Å². The highest BCUT2D eigenvalue weighted by Crippen LogP contribution is 2.50. The molecule has 11 heteroatoms. The van der Waals surface area contributed by atoms with Crippen LogP contribution in [0.1, 0.15) is 23.1 Å². The molecule has 0 saturated carbocycles. The Labute approximate surface area is 178 Å². The lowest BCUT2D eigenvalue weighted by atomic mass is 9.86. The first kappa shape index (κ1) is 20.2. The zero-order valence-electron chi connectivity index (χ0n) is 14.9. The van der Waals surface area contributed by atoms with Gasteiger partial charge in [-0.25, -0.2) is 9.67 Å². The standard InChI is InChI=1S/C19H10Cl2F3N5O/c20-13-4-12(5-14(21)6-13)18(19(22,23)24)7-16(28-30-18)15-3-1-2-11(8-25)17(15)29-10-26-9-27-29/h1-6,9-10H,7H2. The van der Waals surface area contributed by atoms with Crippen molar-refractivity contribution in [2.45, 2.75) is 18.2 Å². The Hall–Kier alpha value is -3.09. The summed E-state index contributed by atoms with van der Waals surface area (Å²) in [6.45, 7) is 0. The van der Waals surface area contributed by atoms with Crippen LogP contribution < -0.4 is 0 Å². The van der Waals surface area contributed by atoms with Crippen LogP contribution in [0.2, 0.25) is 10.0 Å².